The average Bonchev–Trinajstić information content (AvgIpc) is 3.18. The second-order valence-electron chi connectivity index (χ2n) is 11.1. The Morgan fingerprint density at radius 3 is 2.51 bits per heavy atom. The standard InChI is InChI=1S/C30H31NO6/c1-12-6-5-7-13(2)30(12)11-17-16-8-15-9-18(32)21(14(3)31)27(34)22(15)28(35)24(16)29(36)25-19(33)10-20(37-4)26(30)23(17)25/h6,10,13,15,22,32-33,36H,3,5,7-9,11,31H2,1-2,4H3/t13-,15?,22?,30+/m0/s1. The van der Waals surface area contributed by atoms with Crippen molar-refractivity contribution in [2.24, 2.45) is 23.5 Å². The number of methoxy groups -OCH3 is 1. The van der Waals surface area contributed by atoms with Crippen molar-refractivity contribution in [2.75, 3.05) is 7.11 Å². The number of rotatable bonds is 2. The minimum atomic E-state index is -1.07. The van der Waals surface area contributed by atoms with Gasteiger partial charge in [0, 0.05) is 34.5 Å². The van der Waals surface area contributed by atoms with Gasteiger partial charge in [-0.2, -0.15) is 0 Å². The summed E-state index contributed by atoms with van der Waals surface area (Å²) in [6, 6.07) is 1.52. The molecule has 4 atom stereocenters. The van der Waals surface area contributed by atoms with E-state index in [1.54, 1.807) is 7.11 Å². The maximum absolute atomic E-state index is 13.9. The number of phenols is 2. The molecule has 6 rings (SSSR count). The third-order valence-corrected chi connectivity index (χ3v) is 9.49. The van der Waals surface area contributed by atoms with Gasteiger partial charge in [0.25, 0.3) is 0 Å². The molecule has 4 aliphatic rings. The maximum atomic E-state index is 13.9. The van der Waals surface area contributed by atoms with Crippen LogP contribution in [-0.2, 0) is 23.1 Å². The summed E-state index contributed by atoms with van der Waals surface area (Å²) in [5.41, 5.74) is 9.05. The molecule has 0 radical (unpaired) electrons. The molecule has 0 saturated heterocycles. The molecule has 5 N–H and O–H groups in total. The molecule has 2 aromatic carbocycles. The lowest BCUT2D eigenvalue weighted by Crippen LogP contribution is -2.42. The van der Waals surface area contributed by atoms with Crippen molar-refractivity contribution in [3.05, 3.63) is 63.6 Å². The van der Waals surface area contributed by atoms with Gasteiger partial charge in [-0.15, -0.1) is 0 Å². The maximum Gasteiger partial charge on any atom is 0.179 e. The zero-order valence-corrected chi connectivity index (χ0v) is 21.3. The molecule has 4 aliphatic carbocycles. The molecule has 0 heterocycles. The Kier molecular flexibility index (Phi) is 4.88. The van der Waals surface area contributed by atoms with Gasteiger partial charge in [0.15, 0.2) is 11.6 Å². The van der Waals surface area contributed by atoms with E-state index in [1.165, 1.54) is 11.6 Å². The number of hydrogen-bond donors (Lipinski definition) is 4. The average molecular weight is 502 g/mol. The number of aliphatic hydroxyl groups is 1. The smallest absolute Gasteiger partial charge is 0.179 e. The summed E-state index contributed by atoms with van der Waals surface area (Å²) in [6.07, 6.45) is 5.28. The molecule has 0 aromatic heterocycles. The predicted molar refractivity (Wildman–Crippen MR) is 139 cm³/mol. The van der Waals surface area contributed by atoms with Crippen LogP contribution in [0.1, 0.15) is 60.2 Å². The molecule has 192 valence electrons. The molecule has 0 fully saturated rings. The van der Waals surface area contributed by atoms with E-state index in [-0.39, 0.29) is 51.8 Å². The van der Waals surface area contributed by atoms with E-state index in [1.807, 2.05) is 0 Å². The highest BCUT2D eigenvalue weighted by Crippen LogP contribution is 2.61. The molecule has 0 saturated carbocycles. The first-order valence-electron chi connectivity index (χ1n) is 12.8. The molecule has 1 spiro atoms. The van der Waals surface area contributed by atoms with Gasteiger partial charge in [-0.25, -0.2) is 0 Å². The van der Waals surface area contributed by atoms with E-state index >= 15 is 0 Å². The summed E-state index contributed by atoms with van der Waals surface area (Å²) in [7, 11) is 1.58. The highest BCUT2D eigenvalue weighted by molar-refractivity contribution is 6.22. The SMILES string of the molecule is C=C(N)C1=C(O)CC2Cc3c(c(O)c4c(O)cc(OC)c5c4c3C[C@]53C(C)=CCC[C@@H]3C)C(=O)C2C1=O. The third kappa shape index (κ3) is 2.77. The molecule has 0 bridgehead atoms. The fraction of sp³-hybridized carbons (Fsp3) is 0.400. The number of nitrogens with two attached hydrogens (primary N) is 1. The second kappa shape index (κ2) is 7.63. The van der Waals surface area contributed by atoms with Crippen molar-refractivity contribution in [1.29, 1.82) is 0 Å². The van der Waals surface area contributed by atoms with Gasteiger partial charge in [-0.1, -0.05) is 25.2 Å². The number of Topliss-reactive ketones (excluding diaryl/α,β-unsaturated/α-hetero) is 2. The summed E-state index contributed by atoms with van der Waals surface area (Å²) < 4.78 is 5.80. The predicted octanol–water partition coefficient (Wildman–Crippen LogP) is 4.66. The summed E-state index contributed by atoms with van der Waals surface area (Å²) in [5.74, 6) is -2.39. The lowest BCUT2D eigenvalue weighted by Gasteiger charge is -2.42. The van der Waals surface area contributed by atoms with Crippen molar-refractivity contribution >= 4 is 22.3 Å². The van der Waals surface area contributed by atoms with E-state index in [2.05, 4.69) is 26.5 Å². The number of allylic oxidation sites excluding steroid dienone is 4. The number of fused-ring (bicyclic) bond motifs is 4. The van der Waals surface area contributed by atoms with Crippen LogP contribution in [0.5, 0.6) is 17.2 Å². The Hall–Kier alpha value is -3.74. The van der Waals surface area contributed by atoms with Gasteiger partial charge < -0.3 is 25.8 Å². The number of aliphatic hydroxyl groups excluding tert-OH is 1. The number of aromatic hydroxyl groups is 2. The molecule has 0 aliphatic heterocycles. The van der Waals surface area contributed by atoms with Crippen molar-refractivity contribution in [3.8, 4) is 17.2 Å². The fourth-order valence-corrected chi connectivity index (χ4v) is 7.80. The van der Waals surface area contributed by atoms with Crippen LogP contribution in [0.25, 0.3) is 10.8 Å². The minimum Gasteiger partial charge on any atom is -0.511 e. The monoisotopic (exact) mass is 501 g/mol. The Morgan fingerprint density at radius 2 is 1.86 bits per heavy atom. The lowest BCUT2D eigenvalue weighted by molar-refractivity contribution is -0.120. The Morgan fingerprint density at radius 1 is 1.14 bits per heavy atom. The molecule has 2 unspecified atom stereocenters. The first-order valence-corrected chi connectivity index (χ1v) is 12.8. The van der Waals surface area contributed by atoms with Gasteiger partial charge in [-0.05, 0) is 55.6 Å². The van der Waals surface area contributed by atoms with Crippen molar-refractivity contribution in [1.82, 2.24) is 0 Å². The quantitative estimate of drug-likeness (QED) is 0.348. The number of benzene rings is 2. The Balaban J connectivity index is 1.67. The second-order valence-corrected chi connectivity index (χ2v) is 11.1. The normalized spacial score (nSPS) is 28.4. The van der Waals surface area contributed by atoms with E-state index < -0.39 is 28.8 Å². The van der Waals surface area contributed by atoms with Crippen LogP contribution in [0.2, 0.25) is 0 Å². The third-order valence-electron chi connectivity index (χ3n) is 9.49. The van der Waals surface area contributed by atoms with Crippen LogP contribution >= 0.6 is 0 Å². The number of carbonyl (C=O) groups is 2. The highest BCUT2D eigenvalue weighted by Gasteiger charge is 2.53. The summed E-state index contributed by atoms with van der Waals surface area (Å²) >= 11 is 0. The van der Waals surface area contributed by atoms with Crippen LogP contribution in [0.4, 0.5) is 0 Å². The summed E-state index contributed by atoms with van der Waals surface area (Å²) in [6.45, 7) is 7.94. The van der Waals surface area contributed by atoms with Gasteiger partial charge >= 0.3 is 0 Å². The van der Waals surface area contributed by atoms with Crippen molar-refractivity contribution < 1.29 is 29.6 Å². The number of hydrogen-bond acceptors (Lipinski definition) is 7. The first kappa shape index (κ1) is 23.6. The van der Waals surface area contributed by atoms with Gasteiger partial charge in [0.05, 0.1) is 29.6 Å². The van der Waals surface area contributed by atoms with E-state index in [0.29, 0.717) is 24.2 Å². The molecule has 7 nitrogen and oxygen atoms in total. The summed E-state index contributed by atoms with van der Waals surface area (Å²) in [4.78, 5) is 27.3. The van der Waals surface area contributed by atoms with Crippen LogP contribution in [0.15, 0.2) is 41.3 Å². The zero-order chi connectivity index (χ0) is 26.5. The topological polar surface area (TPSA) is 130 Å². The van der Waals surface area contributed by atoms with E-state index in [9.17, 15) is 24.9 Å². The van der Waals surface area contributed by atoms with Crippen LogP contribution in [-0.4, -0.2) is 34.0 Å². The molecular formula is C30H31NO6. The Bertz CT molecular complexity index is 1530. The van der Waals surface area contributed by atoms with Crippen LogP contribution in [0.3, 0.4) is 0 Å². The molecule has 0 amide bonds. The fourth-order valence-electron chi connectivity index (χ4n) is 7.80. The number of phenolic OH excluding ortho intramolecular Hbond substituents is 2. The largest absolute Gasteiger partial charge is 0.511 e. The van der Waals surface area contributed by atoms with Crippen molar-refractivity contribution in [2.45, 2.75) is 51.4 Å². The molecule has 7 heteroatoms. The highest BCUT2D eigenvalue weighted by atomic mass is 16.5. The lowest BCUT2D eigenvalue weighted by atomic mass is 9.62. The van der Waals surface area contributed by atoms with Gasteiger partial charge in [0.1, 0.15) is 23.0 Å². The number of carbonyl (C=O) groups excluding carboxylic acids is 2. The van der Waals surface area contributed by atoms with Crippen LogP contribution < -0.4 is 10.5 Å². The molecular weight excluding hydrogens is 470 g/mol. The molecule has 2 aromatic rings. The Labute approximate surface area is 214 Å². The van der Waals surface area contributed by atoms with Crippen molar-refractivity contribution in [3.63, 3.8) is 0 Å². The first-order chi connectivity index (χ1) is 17.5. The van der Waals surface area contributed by atoms with Gasteiger partial charge in [-0.3, -0.25) is 9.59 Å². The van der Waals surface area contributed by atoms with Crippen LogP contribution in [0, 0.1) is 17.8 Å². The van der Waals surface area contributed by atoms with Gasteiger partial charge in [0.2, 0.25) is 0 Å². The summed E-state index contributed by atoms with van der Waals surface area (Å²) in [5, 5.41) is 34.2. The zero-order valence-electron chi connectivity index (χ0n) is 21.3. The molecule has 37 heavy (non-hydrogen) atoms. The van der Waals surface area contributed by atoms with E-state index in [0.717, 1.165) is 29.4 Å². The minimum absolute atomic E-state index is 0.0780. The number of ether oxygens (including phenoxy) is 1. The van der Waals surface area contributed by atoms with E-state index in [4.69, 9.17) is 10.5 Å². The number of ketones is 2.